The Morgan fingerprint density at radius 2 is 2.04 bits per heavy atom. The van der Waals surface area contributed by atoms with Crippen LogP contribution in [0.15, 0.2) is 45.7 Å². The summed E-state index contributed by atoms with van der Waals surface area (Å²) in [6.45, 7) is 1.95. The summed E-state index contributed by atoms with van der Waals surface area (Å²) in [5.41, 5.74) is 6.13. The van der Waals surface area contributed by atoms with Crippen LogP contribution < -0.4 is 20.8 Å². The summed E-state index contributed by atoms with van der Waals surface area (Å²) in [4.78, 5) is 30.6. The number of carbonyl (C=O) groups excluding carboxylic acids is 1. The van der Waals surface area contributed by atoms with Crippen molar-refractivity contribution in [1.29, 1.82) is 0 Å². The van der Waals surface area contributed by atoms with Gasteiger partial charge in [0.15, 0.2) is 18.1 Å². The first-order valence-corrected chi connectivity index (χ1v) is 8.65. The van der Waals surface area contributed by atoms with Crippen molar-refractivity contribution in [3.05, 3.63) is 51.2 Å². The summed E-state index contributed by atoms with van der Waals surface area (Å²) in [5.74, 6) is 0.576. The standard InChI is InChI=1S/C18H16BrN3O4/c1-2-25-14-8-10(7-12(19)16(14)26-9-15(20)23)17-21-13-6-4-3-5-11(13)18(24)22-17/h3-8H,2,9H2,1H3,(H2,20,23)(H,21,22,24). The van der Waals surface area contributed by atoms with E-state index in [1.54, 1.807) is 30.3 Å². The Bertz CT molecular complexity index is 1030. The summed E-state index contributed by atoms with van der Waals surface area (Å²) in [7, 11) is 0. The number of amides is 1. The molecule has 0 aliphatic rings. The van der Waals surface area contributed by atoms with Gasteiger partial charge in [0, 0.05) is 5.56 Å². The van der Waals surface area contributed by atoms with Gasteiger partial charge in [-0.25, -0.2) is 4.98 Å². The second-order valence-electron chi connectivity index (χ2n) is 5.41. The number of halogens is 1. The fourth-order valence-corrected chi connectivity index (χ4v) is 3.03. The van der Waals surface area contributed by atoms with Crippen molar-refractivity contribution in [3.63, 3.8) is 0 Å². The van der Waals surface area contributed by atoms with Crippen LogP contribution in [-0.2, 0) is 4.79 Å². The largest absolute Gasteiger partial charge is 0.490 e. The molecule has 0 spiro atoms. The predicted octanol–water partition coefficient (Wildman–Crippen LogP) is 2.62. The Morgan fingerprint density at radius 1 is 1.27 bits per heavy atom. The molecule has 0 saturated heterocycles. The van der Waals surface area contributed by atoms with Crippen LogP contribution in [0.3, 0.4) is 0 Å². The minimum atomic E-state index is -0.594. The van der Waals surface area contributed by atoms with Crippen molar-refractivity contribution in [2.45, 2.75) is 6.92 Å². The van der Waals surface area contributed by atoms with E-state index in [1.165, 1.54) is 0 Å². The highest BCUT2D eigenvalue weighted by Crippen LogP contribution is 2.39. The van der Waals surface area contributed by atoms with Gasteiger partial charge in [-0.15, -0.1) is 0 Å². The van der Waals surface area contributed by atoms with E-state index in [0.29, 0.717) is 44.9 Å². The lowest BCUT2D eigenvalue weighted by Gasteiger charge is -2.14. The Kier molecular flexibility index (Phi) is 5.22. The van der Waals surface area contributed by atoms with Gasteiger partial charge in [0.1, 0.15) is 5.82 Å². The van der Waals surface area contributed by atoms with Gasteiger partial charge in [0.2, 0.25) is 0 Å². The third-order valence-electron chi connectivity index (χ3n) is 3.55. The van der Waals surface area contributed by atoms with E-state index >= 15 is 0 Å². The number of primary amides is 1. The quantitative estimate of drug-likeness (QED) is 0.640. The van der Waals surface area contributed by atoms with E-state index in [2.05, 4.69) is 25.9 Å². The van der Waals surface area contributed by atoms with Crippen molar-refractivity contribution < 1.29 is 14.3 Å². The molecule has 2 aromatic carbocycles. The number of ether oxygens (including phenoxy) is 2. The number of nitrogens with two attached hydrogens (primary N) is 1. The van der Waals surface area contributed by atoms with E-state index in [9.17, 15) is 9.59 Å². The number of hydrogen-bond acceptors (Lipinski definition) is 5. The Morgan fingerprint density at radius 3 is 2.77 bits per heavy atom. The minimum Gasteiger partial charge on any atom is -0.490 e. The van der Waals surface area contributed by atoms with Crippen LogP contribution >= 0.6 is 15.9 Å². The molecule has 3 N–H and O–H groups in total. The molecule has 0 atom stereocenters. The summed E-state index contributed by atoms with van der Waals surface area (Å²) in [5, 5.41) is 0.516. The monoisotopic (exact) mass is 417 g/mol. The fourth-order valence-electron chi connectivity index (χ4n) is 2.47. The fraction of sp³-hybridized carbons (Fsp3) is 0.167. The van der Waals surface area contributed by atoms with Crippen LogP contribution in [-0.4, -0.2) is 29.1 Å². The molecule has 0 aliphatic carbocycles. The normalized spacial score (nSPS) is 10.7. The lowest BCUT2D eigenvalue weighted by atomic mass is 10.1. The molecule has 134 valence electrons. The molecule has 3 rings (SSSR count). The van der Waals surface area contributed by atoms with Gasteiger partial charge in [-0.3, -0.25) is 9.59 Å². The molecule has 1 heterocycles. The highest BCUT2D eigenvalue weighted by Gasteiger charge is 2.16. The maximum atomic E-state index is 12.3. The maximum Gasteiger partial charge on any atom is 0.259 e. The lowest BCUT2D eigenvalue weighted by molar-refractivity contribution is -0.119. The number of rotatable bonds is 6. The van der Waals surface area contributed by atoms with Gasteiger partial charge in [-0.2, -0.15) is 0 Å². The smallest absolute Gasteiger partial charge is 0.259 e. The number of fused-ring (bicyclic) bond motifs is 1. The first-order chi connectivity index (χ1) is 12.5. The second-order valence-corrected chi connectivity index (χ2v) is 6.26. The van der Waals surface area contributed by atoms with Crippen molar-refractivity contribution in [3.8, 4) is 22.9 Å². The van der Waals surface area contributed by atoms with Crippen molar-refractivity contribution in [1.82, 2.24) is 9.97 Å². The zero-order valence-corrected chi connectivity index (χ0v) is 15.5. The molecule has 0 bridgehead atoms. The number of nitrogens with one attached hydrogen (secondary N) is 1. The summed E-state index contributed by atoms with van der Waals surface area (Å²) in [6, 6.07) is 10.5. The third kappa shape index (κ3) is 3.70. The maximum absolute atomic E-state index is 12.3. The molecular formula is C18H16BrN3O4. The number of hydrogen-bond donors (Lipinski definition) is 2. The number of nitrogens with zero attached hydrogens (tertiary/aromatic N) is 1. The van der Waals surface area contributed by atoms with Gasteiger partial charge in [0.25, 0.3) is 11.5 Å². The molecule has 26 heavy (non-hydrogen) atoms. The van der Waals surface area contributed by atoms with Crippen molar-refractivity contribution >= 4 is 32.7 Å². The topological polar surface area (TPSA) is 107 Å². The average molecular weight is 418 g/mol. The van der Waals surface area contributed by atoms with E-state index in [-0.39, 0.29) is 12.2 Å². The molecule has 7 nitrogen and oxygen atoms in total. The van der Waals surface area contributed by atoms with E-state index in [0.717, 1.165) is 0 Å². The van der Waals surface area contributed by atoms with Gasteiger partial charge >= 0.3 is 0 Å². The highest BCUT2D eigenvalue weighted by molar-refractivity contribution is 9.10. The Hall–Kier alpha value is -2.87. The van der Waals surface area contributed by atoms with Crippen molar-refractivity contribution in [2.75, 3.05) is 13.2 Å². The van der Waals surface area contributed by atoms with Gasteiger partial charge < -0.3 is 20.2 Å². The SMILES string of the molecule is CCOc1cc(-c2nc3ccccc3c(=O)[nH]2)cc(Br)c1OCC(N)=O. The van der Waals surface area contributed by atoms with Crippen LogP contribution in [0.25, 0.3) is 22.3 Å². The van der Waals surface area contributed by atoms with Gasteiger partial charge in [0.05, 0.1) is 22.0 Å². The first kappa shape index (κ1) is 17.9. The first-order valence-electron chi connectivity index (χ1n) is 7.86. The van der Waals surface area contributed by atoms with Crippen LogP contribution in [0.2, 0.25) is 0 Å². The minimum absolute atomic E-state index is 0.228. The van der Waals surface area contributed by atoms with Gasteiger partial charge in [-0.1, -0.05) is 12.1 Å². The van der Waals surface area contributed by atoms with Crippen LogP contribution in [0.4, 0.5) is 0 Å². The molecule has 0 aliphatic heterocycles. The Labute approximate surface area is 157 Å². The molecule has 3 aromatic rings. The van der Waals surface area contributed by atoms with E-state index in [4.69, 9.17) is 15.2 Å². The molecule has 0 unspecified atom stereocenters. The molecule has 8 heteroatoms. The molecule has 1 amide bonds. The highest BCUT2D eigenvalue weighted by atomic mass is 79.9. The number of benzene rings is 2. The Balaban J connectivity index is 2.11. The zero-order valence-electron chi connectivity index (χ0n) is 13.9. The number of para-hydroxylation sites is 1. The molecule has 0 saturated carbocycles. The van der Waals surface area contributed by atoms with Crippen LogP contribution in [0, 0.1) is 0 Å². The van der Waals surface area contributed by atoms with Gasteiger partial charge in [-0.05, 0) is 47.1 Å². The molecule has 0 fully saturated rings. The second kappa shape index (κ2) is 7.57. The summed E-state index contributed by atoms with van der Waals surface area (Å²) >= 11 is 3.41. The van der Waals surface area contributed by atoms with Crippen LogP contribution in [0.1, 0.15) is 6.92 Å². The molecule has 0 radical (unpaired) electrons. The van der Waals surface area contributed by atoms with Crippen LogP contribution in [0.5, 0.6) is 11.5 Å². The van der Waals surface area contributed by atoms with E-state index < -0.39 is 5.91 Å². The molecule has 1 aromatic heterocycles. The summed E-state index contributed by atoms with van der Waals surface area (Å²) < 4.78 is 11.6. The summed E-state index contributed by atoms with van der Waals surface area (Å²) in [6.07, 6.45) is 0. The van der Waals surface area contributed by atoms with Crippen molar-refractivity contribution in [2.24, 2.45) is 5.73 Å². The number of H-pyrrole nitrogens is 1. The number of aromatic nitrogens is 2. The molecular weight excluding hydrogens is 402 g/mol. The number of carbonyl (C=O) groups is 1. The van der Waals surface area contributed by atoms with E-state index in [1.807, 2.05) is 13.0 Å². The predicted molar refractivity (Wildman–Crippen MR) is 101 cm³/mol. The number of aromatic amines is 1. The average Bonchev–Trinajstić information content (AvgIpc) is 2.61. The third-order valence-corrected chi connectivity index (χ3v) is 4.14. The zero-order chi connectivity index (χ0) is 18.7. The lowest BCUT2D eigenvalue weighted by Crippen LogP contribution is -2.20.